The van der Waals surface area contributed by atoms with Crippen molar-refractivity contribution in [3.63, 3.8) is 0 Å². The number of aromatic nitrogens is 2. The molecule has 1 rings (SSSR count). The monoisotopic (exact) mass is 241 g/mol. The van der Waals surface area contributed by atoms with Crippen molar-refractivity contribution in [3.8, 4) is 0 Å². The Morgan fingerprint density at radius 3 is 2.75 bits per heavy atom. The molecule has 3 nitrogen and oxygen atoms in total. The quantitative estimate of drug-likeness (QED) is 0.796. The Morgan fingerprint density at radius 2 is 2.25 bits per heavy atom. The molecule has 0 radical (unpaired) electrons. The minimum atomic E-state index is 0.432. The minimum Gasteiger partial charge on any atom is -0.307 e. The second-order valence-corrected chi connectivity index (χ2v) is 5.45. The lowest BCUT2D eigenvalue weighted by Gasteiger charge is -2.21. The van der Waals surface area contributed by atoms with E-state index in [-0.39, 0.29) is 0 Å². The van der Waals surface area contributed by atoms with Gasteiger partial charge in [0.15, 0.2) is 0 Å². The van der Waals surface area contributed by atoms with Crippen LogP contribution in [0.15, 0.2) is 12.4 Å². The van der Waals surface area contributed by atoms with Gasteiger partial charge in [-0.15, -0.1) is 0 Å². The normalized spacial score (nSPS) is 15.0. The van der Waals surface area contributed by atoms with Crippen molar-refractivity contribution in [3.05, 3.63) is 18.0 Å². The molecule has 0 spiro atoms. The fourth-order valence-corrected chi connectivity index (χ4v) is 2.44. The standard InChI is InChI=1S/C12H23N3S/c1-5-12(11-7-13-15(4)8-11)14-10(3)9-16-6-2/h7-8,10,12,14H,5-6,9H2,1-4H3. The molecular formula is C12H23N3S. The second-order valence-electron chi connectivity index (χ2n) is 4.14. The average Bonchev–Trinajstić information content (AvgIpc) is 2.69. The van der Waals surface area contributed by atoms with E-state index in [9.17, 15) is 0 Å². The van der Waals surface area contributed by atoms with E-state index in [0.717, 1.165) is 6.42 Å². The number of hydrogen-bond acceptors (Lipinski definition) is 3. The van der Waals surface area contributed by atoms with Gasteiger partial charge in [0.25, 0.3) is 0 Å². The van der Waals surface area contributed by atoms with Crippen LogP contribution in [0, 0.1) is 0 Å². The molecule has 0 aromatic carbocycles. The molecule has 0 amide bonds. The molecular weight excluding hydrogens is 218 g/mol. The SMILES string of the molecule is CCSCC(C)NC(CC)c1cnn(C)c1. The molecule has 92 valence electrons. The summed E-state index contributed by atoms with van der Waals surface area (Å²) in [6.45, 7) is 6.67. The second kappa shape index (κ2) is 6.97. The molecule has 1 aromatic heterocycles. The summed E-state index contributed by atoms with van der Waals surface area (Å²) in [6.07, 6.45) is 5.16. The highest BCUT2D eigenvalue weighted by Crippen LogP contribution is 2.17. The molecule has 0 aliphatic rings. The Kier molecular flexibility index (Phi) is 5.91. The van der Waals surface area contributed by atoms with Gasteiger partial charge in [-0.3, -0.25) is 4.68 Å². The third-order valence-electron chi connectivity index (χ3n) is 2.59. The van der Waals surface area contributed by atoms with E-state index in [0.29, 0.717) is 12.1 Å². The third kappa shape index (κ3) is 4.18. The van der Waals surface area contributed by atoms with Gasteiger partial charge in [0.2, 0.25) is 0 Å². The Bertz CT molecular complexity index is 298. The molecule has 0 fully saturated rings. The maximum absolute atomic E-state index is 4.23. The topological polar surface area (TPSA) is 29.9 Å². The lowest BCUT2D eigenvalue weighted by atomic mass is 10.1. The van der Waals surface area contributed by atoms with Crippen LogP contribution in [0.1, 0.15) is 38.8 Å². The van der Waals surface area contributed by atoms with Gasteiger partial charge in [-0.1, -0.05) is 13.8 Å². The zero-order valence-electron chi connectivity index (χ0n) is 10.7. The van der Waals surface area contributed by atoms with Crippen LogP contribution in [0.5, 0.6) is 0 Å². The van der Waals surface area contributed by atoms with E-state index in [4.69, 9.17) is 0 Å². The molecule has 0 aliphatic carbocycles. The number of hydrogen-bond donors (Lipinski definition) is 1. The van der Waals surface area contributed by atoms with Crippen molar-refractivity contribution in [1.29, 1.82) is 0 Å². The molecule has 0 saturated heterocycles. The lowest BCUT2D eigenvalue weighted by molar-refractivity contribution is 0.470. The van der Waals surface area contributed by atoms with Gasteiger partial charge in [-0.05, 0) is 19.1 Å². The van der Waals surface area contributed by atoms with Crippen LogP contribution >= 0.6 is 11.8 Å². The van der Waals surface area contributed by atoms with E-state index in [2.05, 4.69) is 37.4 Å². The molecule has 2 atom stereocenters. The van der Waals surface area contributed by atoms with Crippen LogP contribution in [0.3, 0.4) is 0 Å². The first-order valence-electron chi connectivity index (χ1n) is 5.99. The molecule has 1 heterocycles. The van der Waals surface area contributed by atoms with Gasteiger partial charge in [0.1, 0.15) is 0 Å². The van der Waals surface area contributed by atoms with Crippen LogP contribution in [-0.2, 0) is 7.05 Å². The predicted octanol–water partition coefficient (Wildman–Crippen LogP) is 2.60. The third-order valence-corrected chi connectivity index (χ3v) is 3.74. The van der Waals surface area contributed by atoms with E-state index >= 15 is 0 Å². The smallest absolute Gasteiger partial charge is 0.0537 e. The van der Waals surface area contributed by atoms with Gasteiger partial charge in [-0.25, -0.2) is 0 Å². The van der Waals surface area contributed by atoms with Crippen LogP contribution in [-0.4, -0.2) is 27.3 Å². The van der Waals surface area contributed by atoms with Crippen LogP contribution in [0.4, 0.5) is 0 Å². The zero-order valence-corrected chi connectivity index (χ0v) is 11.5. The van der Waals surface area contributed by atoms with Gasteiger partial charge in [0, 0.05) is 36.6 Å². The van der Waals surface area contributed by atoms with Gasteiger partial charge >= 0.3 is 0 Å². The summed E-state index contributed by atoms with van der Waals surface area (Å²) in [6, 6.07) is 0.983. The summed E-state index contributed by atoms with van der Waals surface area (Å²) >= 11 is 1.99. The summed E-state index contributed by atoms with van der Waals surface area (Å²) in [5.74, 6) is 2.36. The summed E-state index contributed by atoms with van der Waals surface area (Å²) in [5.41, 5.74) is 1.29. The maximum atomic E-state index is 4.23. The van der Waals surface area contributed by atoms with Gasteiger partial charge in [0.05, 0.1) is 6.20 Å². The van der Waals surface area contributed by atoms with E-state index in [1.54, 1.807) is 0 Å². The maximum Gasteiger partial charge on any atom is 0.0537 e. The lowest BCUT2D eigenvalue weighted by Crippen LogP contribution is -2.32. The summed E-state index contributed by atoms with van der Waals surface area (Å²) < 4.78 is 1.87. The van der Waals surface area contributed by atoms with E-state index in [1.165, 1.54) is 17.1 Å². The van der Waals surface area contributed by atoms with Gasteiger partial charge < -0.3 is 5.32 Å². The largest absolute Gasteiger partial charge is 0.307 e. The van der Waals surface area contributed by atoms with Crippen LogP contribution < -0.4 is 5.32 Å². The molecule has 1 N–H and O–H groups in total. The van der Waals surface area contributed by atoms with E-state index < -0.39 is 0 Å². The summed E-state index contributed by atoms with van der Waals surface area (Å²) in [7, 11) is 1.96. The Labute approximate surface area is 103 Å². The van der Waals surface area contributed by atoms with Crippen molar-refractivity contribution in [2.75, 3.05) is 11.5 Å². The fourth-order valence-electron chi connectivity index (χ4n) is 1.76. The van der Waals surface area contributed by atoms with Crippen molar-refractivity contribution in [2.45, 2.75) is 39.3 Å². The molecule has 16 heavy (non-hydrogen) atoms. The predicted molar refractivity (Wildman–Crippen MR) is 71.8 cm³/mol. The molecule has 2 unspecified atom stereocenters. The number of rotatable bonds is 7. The first kappa shape index (κ1) is 13.6. The first-order valence-corrected chi connectivity index (χ1v) is 7.15. The highest BCUT2D eigenvalue weighted by molar-refractivity contribution is 7.99. The minimum absolute atomic E-state index is 0.432. The number of thioether (sulfide) groups is 1. The zero-order chi connectivity index (χ0) is 12.0. The summed E-state index contributed by atoms with van der Waals surface area (Å²) in [5, 5.41) is 7.88. The first-order chi connectivity index (χ1) is 7.67. The molecule has 4 heteroatoms. The van der Waals surface area contributed by atoms with Crippen molar-refractivity contribution in [1.82, 2.24) is 15.1 Å². The number of nitrogens with zero attached hydrogens (tertiary/aromatic N) is 2. The number of nitrogens with one attached hydrogen (secondary N) is 1. The van der Waals surface area contributed by atoms with Crippen molar-refractivity contribution < 1.29 is 0 Å². The van der Waals surface area contributed by atoms with Gasteiger partial charge in [-0.2, -0.15) is 16.9 Å². The van der Waals surface area contributed by atoms with Crippen LogP contribution in [0.25, 0.3) is 0 Å². The summed E-state index contributed by atoms with van der Waals surface area (Å²) in [4.78, 5) is 0. The Balaban J connectivity index is 2.48. The average molecular weight is 241 g/mol. The molecule has 0 saturated carbocycles. The van der Waals surface area contributed by atoms with E-state index in [1.807, 2.05) is 29.7 Å². The molecule has 1 aromatic rings. The van der Waals surface area contributed by atoms with Crippen molar-refractivity contribution >= 4 is 11.8 Å². The Hall–Kier alpha value is -0.480. The highest BCUT2D eigenvalue weighted by atomic mass is 32.2. The fraction of sp³-hybridized carbons (Fsp3) is 0.750. The highest BCUT2D eigenvalue weighted by Gasteiger charge is 2.13. The van der Waals surface area contributed by atoms with Crippen molar-refractivity contribution in [2.24, 2.45) is 7.05 Å². The Morgan fingerprint density at radius 1 is 1.50 bits per heavy atom. The molecule has 0 aliphatic heterocycles. The van der Waals surface area contributed by atoms with Crippen LogP contribution in [0.2, 0.25) is 0 Å². The molecule has 0 bridgehead atoms. The number of aryl methyl sites for hydroxylation is 1.